The molecule has 0 aromatic heterocycles. The first kappa shape index (κ1) is 13.2. The predicted octanol–water partition coefficient (Wildman–Crippen LogP) is 2.97. The van der Waals surface area contributed by atoms with Gasteiger partial charge < -0.3 is 0 Å². The van der Waals surface area contributed by atoms with Gasteiger partial charge in [0.05, 0.1) is 0 Å². The van der Waals surface area contributed by atoms with Gasteiger partial charge in [0.2, 0.25) is 6.71 Å². The molecule has 3 aromatic rings. The van der Waals surface area contributed by atoms with E-state index in [1.165, 1.54) is 16.4 Å². The molecule has 0 aliphatic heterocycles. The van der Waals surface area contributed by atoms with Crippen molar-refractivity contribution < 1.29 is 0 Å². The Morgan fingerprint density at radius 2 is 1.05 bits per heavy atom. The highest BCUT2D eigenvalue weighted by molar-refractivity contribution is 9.10. The molecule has 0 heterocycles. The summed E-state index contributed by atoms with van der Waals surface area (Å²) in [6.45, 7) is 0.273. The molecule has 2 heteroatoms. The number of hydrogen-bond donors (Lipinski definition) is 0. The van der Waals surface area contributed by atoms with Crippen LogP contribution in [0.1, 0.15) is 0 Å². The standard InChI is InChI=1S/C18H14BBr/c20-18-13-7-12-17(14-18)19(15-8-3-1-4-9-15)16-10-5-2-6-11-16/h1-14H. The van der Waals surface area contributed by atoms with Gasteiger partial charge in [-0.15, -0.1) is 0 Å². The third-order valence-corrected chi connectivity index (χ3v) is 3.94. The summed E-state index contributed by atoms with van der Waals surface area (Å²) >= 11 is 3.58. The van der Waals surface area contributed by atoms with Gasteiger partial charge in [0.15, 0.2) is 0 Å². The van der Waals surface area contributed by atoms with E-state index in [1.807, 2.05) is 0 Å². The van der Waals surface area contributed by atoms with Crippen molar-refractivity contribution in [2.75, 3.05) is 0 Å². The van der Waals surface area contributed by atoms with E-state index in [0.717, 1.165) is 4.47 Å². The molecule has 0 unspecified atom stereocenters. The molecular formula is C18H14BBr. The van der Waals surface area contributed by atoms with Crippen LogP contribution in [-0.2, 0) is 0 Å². The van der Waals surface area contributed by atoms with E-state index in [4.69, 9.17) is 0 Å². The fourth-order valence-corrected chi connectivity index (χ4v) is 2.97. The molecule has 0 atom stereocenters. The van der Waals surface area contributed by atoms with E-state index in [-0.39, 0.29) is 6.71 Å². The lowest BCUT2D eigenvalue weighted by molar-refractivity contribution is 1.68. The topological polar surface area (TPSA) is 0 Å². The molecule has 0 bridgehead atoms. The Labute approximate surface area is 128 Å². The maximum atomic E-state index is 3.58. The SMILES string of the molecule is Brc1cccc(B(c2ccccc2)c2ccccc2)c1. The van der Waals surface area contributed by atoms with Crippen molar-refractivity contribution in [3.63, 3.8) is 0 Å². The lowest BCUT2D eigenvalue weighted by Crippen LogP contribution is -2.51. The summed E-state index contributed by atoms with van der Waals surface area (Å²) in [5, 5.41) is 0. The molecule has 0 spiro atoms. The number of benzene rings is 3. The van der Waals surface area contributed by atoms with Gasteiger partial charge in [0.25, 0.3) is 0 Å². The third-order valence-electron chi connectivity index (χ3n) is 3.45. The van der Waals surface area contributed by atoms with E-state index < -0.39 is 0 Å². The molecule has 0 radical (unpaired) electrons. The Morgan fingerprint density at radius 3 is 1.55 bits per heavy atom. The van der Waals surface area contributed by atoms with Gasteiger partial charge in [-0.2, -0.15) is 0 Å². The number of rotatable bonds is 3. The van der Waals surface area contributed by atoms with E-state index in [1.54, 1.807) is 0 Å². The summed E-state index contributed by atoms with van der Waals surface area (Å²) in [5.74, 6) is 0. The second-order valence-corrected chi connectivity index (χ2v) is 5.73. The Bertz CT molecular complexity index is 641. The highest BCUT2D eigenvalue weighted by Crippen LogP contribution is 2.06. The predicted molar refractivity (Wildman–Crippen MR) is 91.7 cm³/mol. The van der Waals surface area contributed by atoms with E-state index >= 15 is 0 Å². The van der Waals surface area contributed by atoms with Crippen molar-refractivity contribution in [3.05, 3.63) is 89.4 Å². The third kappa shape index (κ3) is 2.86. The highest BCUT2D eigenvalue weighted by atomic mass is 79.9. The van der Waals surface area contributed by atoms with Gasteiger partial charge in [-0.1, -0.05) is 111 Å². The molecule has 0 saturated carbocycles. The fraction of sp³-hybridized carbons (Fsp3) is 0. The lowest BCUT2D eigenvalue weighted by atomic mass is 9.37. The average molecular weight is 321 g/mol. The average Bonchev–Trinajstić information content (AvgIpc) is 2.50. The maximum Gasteiger partial charge on any atom is 0.241 e. The number of halogens is 1. The molecule has 0 amide bonds. The quantitative estimate of drug-likeness (QED) is 0.651. The summed E-state index contributed by atoms with van der Waals surface area (Å²) in [4.78, 5) is 0. The van der Waals surface area contributed by atoms with Gasteiger partial charge in [0, 0.05) is 4.47 Å². The van der Waals surface area contributed by atoms with Crippen molar-refractivity contribution in [1.29, 1.82) is 0 Å². The molecule has 0 N–H and O–H groups in total. The van der Waals surface area contributed by atoms with Gasteiger partial charge >= 0.3 is 0 Å². The van der Waals surface area contributed by atoms with Crippen LogP contribution < -0.4 is 16.4 Å². The van der Waals surface area contributed by atoms with Crippen LogP contribution in [0, 0.1) is 0 Å². The zero-order chi connectivity index (χ0) is 13.8. The van der Waals surface area contributed by atoms with Crippen LogP contribution in [-0.4, -0.2) is 6.71 Å². The van der Waals surface area contributed by atoms with Crippen LogP contribution in [0.5, 0.6) is 0 Å². The van der Waals surface area contributed by atoms with Gasteiger partial charge in [-0.3, -0.25) is 0 Å². The minimum absolute atomic E-state index is 0.273. The Balaban J connectivity index is 2.14. The van der Waals surface area contributed by atoms with Crippen LogP contribution in [0.15, 0.2) is 89.4 Å². The lowest BCUT2D eigenvalue weighted by Gasteiger charge is -2.15. The zero-order valence-electron chi connectivity index (χ0n) is 11.0. The Morgan fingerprint density at radius 1 is 0.550 bits per heavy atom. The molecular weight excluding hydrogens is 307 g/mol. The molecule has 0 saturated heterocycles. The van der Waals surface area contributed by atoms with Gasteiger partial charge in [0.1, 0.15) is 0 Å². The molecule has 20 heavy (non-hydrogen) atoms. The van der Waals surface area contributed by atoms with Crippen LogP contribution in [0.25, 0.3) is 0 Å². The molecule has 96 valence electrons. The van der Waals surface area contributed by atoms with Crippen molar-refractivity contribution >= 4 is 39.0 Å². The van der Waals surface area contributed by atoms with Crippen LogP contribution in [0.3, 0.4) is 0 Å². The first-order valence-electron chi connectivity index (χ1n) is 6.70. The molecule has 3 rings (SSSR count). The normalized spacial score (nSPS) is 10.2. The van der Waals surface area contributed by atoms with Crippen LogP contribution >= 0.6 is 15.9 Å². The molecule has 0 nitrogen and oxygen atoms in total. The van der Waals surface area contributed by atoms with Crippen molar-refractivity contribution in [1.82, 2.24) is 0 Å². The minimum Gasteiger partial charge on any atom is -0.0687 e. The van der Waals surface area contributed by atoms with E-state index in [9.17, 15) is 0 Å². The first-order chi connectivity index (χ1) is 9.84. The maximum absolute atomic E-state index is 3.58. The second kappa shape index (κ2) is 6.10. The largest absolute Gasteiger partial charge is 0.241 e. The molecule has 0 aliphatic rings. The van der Waals surface area contributed by atoms with Crippen molar-refractivity contribution in [2.24, 2.45) is 0 Å². The Hall–Kier alpha value is -1.80. The summed E-state index contributed by atoms with van der Waals surface area (Å²) in [6.07, 6.45) is 0. The van der Waals surface area contributed by atoms with Gasteiger partial charge in [-0.05, 0) is 6.07 Å². The summed E-state index contributed by atoms with van der Waals surface area (Å²) in [5.41, 5.74) is 3.94. The summed E-state index contributed by atoms with van der Waals surface area (Å²) < 4.78 is 1.12. The van der Waals surface area contributed by atoms with Crippen molar-refractivity contribution in [2.45, 2.75) is 0 Å². The first-order valence-corrected chi connectivity index (χ1v) is 7.49. The van der Waals surface area contributed by atoms with E-state index in [0.29, 0.717) is 0 Å². The second-order valence-electron chi connectivity index (χ2n) is 4.81. The Kier molecular flexibility index (Phi) is 4.03. The summed E-state index contributed by atoms with van der Waals surface area (Å²) in [6, 6.07) is 29.8. The van der Waals surface area contributed by atoms with E-state index in [2.05, 4.69) is 101 Å². The highest BCUT2D eigenvalue weighted by Gasteiger charge is 2.20. The summed E-state index contributed by atoms with van der Waals surface area (Å²) in [7, 11) is 0. The smallest absolute Gasteiger partial charge is 0.0687 e. The van der Waals surface area contributed by atoms with Crippen LogP contribution in [0.4, 0.5) is 0 Å². The molecule has 3 aromatic carbocycles. The van der Waals surface area contributed by atoms with Gasteiger partial charge in [-0.25, -0.2) is 0 Å². The number of hydrogen-bond acceptors (Lipinski definition) is 0. The zero-order valence-corrected chi connectivity index (χ0v) is 12.6. The molecule has 0 fully saturated rings. The monoisotopic (exact) mass is 320 g/mol. The minimum atomic E-state index is 0.273. The molecule has 0 aliphatic carbocycles. The fourth-order valence-electron chi connectivity index (χ4n) is 2.55. The van der Waals surface area contributed by atoms with Crippen molar-refractivity contribution in [3.8, 4) is 0 Å². The van der Waals surface area contributed by atoms with Crippen LogP contribution in [0.2, 0.25) is 0 Å².